The van der Waals surface area contributed by atoms with Crippen molar-refractivity contribution in [1.29, 1.82) is 0 Å². The van der Waals surface area contributed by atoms with Gasteiger partial charge in [0.25, 0.3) is 5.43 Å². The second kappa shape index (κ2) is 2.13. The van der Waals surface area contributed by atoms with E-state index < -0.39 is 10.9 Å². The molecule has 52 valence electrons. The van der Waals surface area contributed by atoms with E-state index in [1.165, 1.54) is 0 Å². The Morgan fingerprint density at radius 3 is 2.20 bits per heavy atom. The summed E-state index contributed by atoms with van der Waals surface area (Å²) in [5.74, 6) is 0. The molecule has 0 fully saturated rings. The predicted octanol–water partition coefficient (Wildman–Crippen LogP) is 0.243. The van der Waals surface area contributed by atoms with Gasteiger partial charge in [0.15, 0.2) is 5.69 Å². The van der Waals surface area contributed by atoms with Gasteiger partial charge in [-0.3, -0.25) is 9.59 Å². The normalized spacial score (nSPS) is 10.1. The molecule has 0 saturated heterocycles. The number of hydrogen-bond acceptors (Lipinski definition) is 4. The molecular formula is C6H5NO3. The van der Waals surface area contributed by atoms with Crippen LogP contribution in [-0.2, 0) is 6.42 Å². The maximum absolute atomic E-state index is 10.6. The van der Waals surface area contributed by atoms with E-state index >= 15 is 0 Å². The Morgan fingerprint density at radius 1 is 1.30 bits per heavy atom. The zero-order valence-electron chi connectivity index (χ0n) is 5.38. The topological polar surface area (TPSA) is 63.6 Å². The van der Waals surface area contributed by atoms with Crippen molar-refractivity contribution in [3.8, 4) is 0 Å². The molecule has 10 heavy (non-hydrogen) atoms. The second-order valence-corrected chi connectivity index (χ2v) is 1.93. The van der Waals surface area contributed by atoms with E-state index in [1.54, 1.807) is 6.92 Å². The van der Waals surface area contributed by atoms with Crippen LogP contribution in [0.25, 0.3) is 0 Å². The predicted molar refractivity (Wildman–Crippen MR) is 36.2 cm³/mol. The SMILES string of the molecule is CCc1c(N=O)c(=O)c1=O. The third kappa shape index (κ3) is 0.618. The second-order valence-electron chi connectivity index (χ2n) is 1.93. The fourth-order valence-corrected chi connectivity index (χ4v) is 0.851. The minimum Gasteiger partial charge on any atom is -0.285 e. The molecule has 0 aliphatic rings. The highest BCUT2D eigenvalue weighted by Gasteiger charge is 2.18. The minimum atomic E-state index is -0.744. The fraction of sp³-hybridized carbons (Fsp3) is 0.333. The van der Waals surface area contributed by atoms with Crippen LogP contribution in [0.5, 0.6) is 0 Å². The van der Waals surface area contributed by atoms with Crippen molar-refractivity contribution in [1.82, 2.24) is 0 Å². The Balaban J connectivity index is 3.29. The summed E-state index contributed by atoms with van der Waals surface area (Å²) in [6.07, 6.45) is 0.408. The Kier molecular flexibility index (Phi) is 1.45. The van der Waals surface area contributed by atoms with Crippen molar-refractivity contribution in [3.63, 3.8) is 0 Å². The molecule has 1 aromatic rings. The van der Waals surface area contributed by atoms with Crippen molar-refractivity contribution >= 4 is 5.69 Å². The number of hydrogen-bond donors (Lipinski definition) is 0. The molecule has 0 spiro atoms. The summed E-state index contributed by atoms with van der Waals surface area (Å²) in [5.41, 5.74) is -1.23. The molecule has 0 radical (unpaired) electrons. The lowest BCUT2D eigenvalue weighted by molar-refractivity contribution is 1.06. The Bertz CT molecular complexity index is 333. The fourth-order valence-electron chi connectivity index (χ4n) is 0.851. The summed E-state index contributed by atoms with van der Waals surface area (Å²) in [4.78, 5) is 30.8. The van der Waals surface area contributed by atoms with E-state index in [1.807, 2.05) is 0 Å². The van der Waals surface area contributed by atoms with Gasteiger partial charge >= 0.3 is 0 Å². The summed E-state index contributed by atoms with van der Waals surface area (Å²) < 4.78 is 0. The molecule has 0 unspecified atom stereocenters. The lowest BCUT2D eigenvalue weighted by Gasteiger charge is -1.97. The van der Waals surface area contributed by atoms with Crippen LogP contribution in [0.3, 0.4) is 0 Å². The molecule has 0 aliphatic heterocycles. The smallest absolute Gasteiger partial charge is 0.255 e. The lowest BCUT2D eigenvalue weighted by atomic mass is 10.1. The van der Waals surface area contributed by atoms with E-state index in [4.69, 9.17) is 0 Å². The molecule has 0 aromatic heterocycles. The van der Waals surface area contributed by atoms with Gasteiger partial charge in [-0.1, -0.05) is 6.92 Å². The highest BCUT2D eigenvalue weighted by Crippen LogP contribution is 2.10. The molecule has 0 N–H and O–H groups in total. The lowest BCUT2D eigenvalue weighted by Crippen LogP contribution is -2.34. The number of nitroso groups, excluding NO2 is 1. The van der Waals surface area contributed by atoms with E-state index in [0.29, 0.717) is 6.42 Å². The Labute approximate surface area is 56.2 Å². The number of nitrogens with zero attached hydrogens (tertiary/aromatic N) is 1. The number of rotatable bonds is 2. The van der Waals surface area contributed by atoms with Gasteiger partial charge in [0.1, 0.15) is 0 Å². The standard InChI is InChI=1S/C6H5NO3/c1-2-3-4(7-10)6(9)5(3)8/h2H2,1H3. The van der Waals surface area contributed by atoms with E-state index in [-0.39, 0.29) is 11.3 Å². The average molecular weight is 139 g/mol. The molecule has 0 heterocycles. The first-order valence-corrected chi connectivity index (χ1v) is 2.88. The van der Waals surface area contributed by atoms with Gasteiger partial charge in [-0.25, -0.2) is 0 Å². The molecule has 4 heteroatoms. The van der Waals surface area contributed by atoms with Gasteiger partial charge in [-0.05, 0) is 11.6 Å². The first-order valence-electron chi connectivity index (χ1n) is 2.88. The van der Waals surface area contributed by atoms with Crippen LogP contribution in [0.4, 0.5) is 5.69 Å². The molecule has 1 rings (SSSR count). The van der Waals surface area contributed by atoms with Crippen molar-refractivity contribution < 1.29 is 0 Å². The van der Waals surface area contributed by atoms with Crippen LogP contribution in [0.2, 0.25) is 0 Å². The largest absolute Gasteiger partial charge is 0.285 e. The van der Waals surface area contributed by atoms with Crippen molar-refractivity contribution in [2.24, 2.45) is 5.18 Å². The van der Waals surface area contributed by atoms with Crippen LogP contribution in [0.15, 0.2) is 14.8 Å². The van der Waals surface area contributed by atoms with E-state index in [0.717, 1.165) is 0 Å². The molecule has 1 aromatic carbocycles. The maximum Gasteiger partial charge on any atom is 0.255 e. The average Bonchev–Trinajstić information content (AvgIpc) is 1.97. The van der Waals surface area contributed by atoms with E-state index in [2.05, 4.69) is 5.18 Å². The van der Waals surface area contributed by atoms with Gasteiger partial charge in [-0.2, -0.15) is 0 Å². The van der Waals surface area contributed by atoms with Gasteiger partial charge in [0.05, 0.1) is 0 Å². The Hall–Kier alpha value is -1.32. The zero-order chi connectivity index (χ0) is 7.72. The van der Waals surface area contributed by atoms with Crippen LogP contribution in [-0.4, -0.2) is 0 Å². The summed E-state index contributed by atoms with van der Waals surface area (Å²) in [5, 5.41) is 2.44. The maximum atomic E-state index is 10.6. The molecule has 0 atom stereocenters. The summed E-state index contributed by atoms with van der Waals surface area (Å²) >= 11 is 0. The highest BCUT2D eigenvalue weighted by molar-refractivity contribution is 5.51. The monoisotopic (exact) mass is 139 g/mol. The van der Waals surface area contributed by atoms with Crippen LogP contribution < -0.4 is 10.9 Å². The van der Waals surface area contributed by atoms with Crippen LogP contribution in [0.1, 0.15) is 12.5 Å². The van der Waals surface area contributed by atoms with Crippen LogP contribution >= 0.6 is 0 Å². The zero-order valence-corrected chi connectivity index (χ0v) is 5.38. The summed E-state index contributed by atoms with van der Waals surface area (Å²) in [6, 6.07) is 0. The summed E-state index contributed by atoms with van der Waals surface area (Å²) in [7, 11) is 0. The summed E-state index contributed by atoms with van der Waals surface area (Å²) in [6.45, 7) is 1.70. The van der Waals surface area contributed by atoms with Crippen LogP contribution in [0, 0.1) is 4.91 Å². The third-order valence-electron chi connectivity index (χ3n) is 1.43. The van der Waals surface area contributed by atoms with Crippen molar-refractivity contribution in [2.45, 2.75) is 13.3 Å². The minimum absolute atomic E-state index is 0.187. The quantitative estimate of drug-likeness (QED) is 0.435. The molecule has 0 bridgehead atoms. The molecular weight excluding hydrogens is 134 g/mol. The van der Waals surface area contributed by atoms with E-state index in [9.17, 15) is 14.5 Å². The molecule has 0 amide bonds. The van der Waals surface area contributed by atoms with Crippen molar-refractivity contribution in [2.75, 3.05) is 0 Å². The Morgan fingerprint density at radius 2 is 1.90 bits per heavy atom. The highest BCUT2D eigenvalue weighted by atomic mass is 16.3. The van der Waals surface area contributed by atoms with Gasteiger partial charge in [-0.15, -0.1) is 4.91 Å². The van der Waals surface area contributed by atoms with Gasteiger partial charge in [0, 0.05) is 5.56 Å². The molecule has 4 nitrogen and oxygen atoms in total. The first-order chi connectivity index (χ1) is 4.72. The van der Waals surface area contributed by atoms with Crippen molar-refractivity contribution in [3.05, 3.63) is 30.9 Å². The molecule has 0 aliphatic carbocycles. The third-order valence-corrected chi connectivity index (χ3v) is 1.43. The first kappa shape index (κ1) is 6.80. The molecule has 0 saturated carbocycles. The van der Waals surface area contributed by atoms with Gasteiger partial charge < -0.3 is 0 Å². The van der Waals surface area contributed by atoms with Gasteiger partial charge in [0.2, 0.25) is 5.43 Å².